The predicted molar refractivity (Wildman–Crippen MR) is 59.0 cm³/mol. The molecule has 4 N–H and O–H groups in total. The summed E-state index contributed by atoms with van der Waals surface area (Å²) in [6.07, 6.45) is 0.903. The molecule has 0 aliphatic rings. The monoisotopic (exact) mass is 232 g/mol. The average molecular weight is 232 g/mol. The zero-order valence-electron chi connectivity index (χ0n) is 9.91. The molecule has 6 nitrogen and oxygen atoms in total. The summed E-state index contributed by atoms with van der Waals surface area (Å²) in [5, 5.41) is 23.2. The highest BCUT2D eigenvalue weighted by molar-refractivity contribution is 5.81. The Morgan fingerprint density at radius 1 is 1.44 bits per heavy atom. The van der Waals surface area contributed by atoms with E-state index in [1.165, 1.54) is 0 Å². The van der Waals surface area contributed by atoms with Crippen LogP contribution < -0.4 is 10.6 Å². The second-order valence-electron chi connectivity index (χ2n) is 4.05. The minimum atomic E-state index is -1.92. The first-order valence-corrected chi connectivity index (χ1v) is 5.25. The van der Waals surface area contributed by atoms with Crippen LogP contribution in [0.15, 0.2) is 0 Å². The molecule has 0 aromatic heterocycles. The van der Waals surface area contributed by atoms with Crippen LogP contribution in [0, 0.1) is 0 Å². The van der Waals surface area contributed by atoms with Gasteiger partial charge in [-0.3, -0.25) is 4.79 Å². The van der Waals surface area contributed by atoms with E-state index < -0.39 is 11.6 Å². The first-order chi connectivity index (χ1) is 7.29. The molecule has 0 aromatic rings. The van der Waals surface area contributed by atoms with Crippen LogP contribution in [0.2, 0.25) is 0 Å². The third-order valence-corrected chi connectivity index (χ3v) is 2.31. The molecule has 0 aromatic carbocycles. The summed E-state index contributed by atoms with van der Waals surface area (Å²) in [6.45, 7) is 4.89. The Bertz CT molecular complexity index is 253. The van der Waals surface area contributed by atoms with Crippen molar-refractivity contribution in [2.75, 3.05) is 13.1 Å². The van der Waals surface area contributed by atoms with E-state index in [0.717, 1.165) is 13.3 Å². The quantitative estimate of drug-likeness (QED) is 0.466. The molecule has 94 valence electrons. The molecule has 0 saturated heterocycles. The maximum Gasteiger partial charge on any atom is 0.337 e. The number of hydrogen-bond acceptors (Lipinski definition) is 4. The van der Waals surface area contributed by atoms with Crippen LogP contribution in [0.25, 0.3) is 0 Å². The summed E-state index contributed by atoms with van der Waals surface area (Å²) in [4.78, 5) is 21.8. The van der Waals surface area contributed by atoms with Crippen molar-refractivity contribution >= 4 is 11.9 Å². The van der Waals surface area contributed by atoms with Crippen molar-refractivity contribution in [1.29, 1.82) is 0 Å². The topological polar surface area (TPSA) is 98.7 Å². The molecule has 0 fully saturated rings. The molecule has 0 radical (unpaired) electrons. The van der Waals surface area contributed by atoms with Crippen molar-refractivity contribution in [3.63, 3.8) is 0 Å². The molecule has 2 unspecified atom stereocenters. The maximum atomic E-state index is 11.3. The Kier molecular flexibility index (Phi) is 5.98. The zero-order chi connectivity index (χ0) is 12.8. The number of amides is 1. The number of hydrogen-bond donors (Lipinski definition) is 4. The van der Waals surface area contributed by atoms with Crippen LogP contribution in [0.4, 0.5) is 0 Å². The van der Waals surface area contributed by atoms with Crippen LogP contribution in [0.3, 0.4) is 0 Å². The largest absolute Gasteiger partial charge is 0.479 e. The molecule has 0 heterocycles. The van der Waals surface area contributed by atoms with Crippen LogP contribution in [-0.2, 0) is 9.59 Å². The van der Waals surface area contributed by atoms with E-state index in [-0.39, 0.29) is 25.0 Å². The Balaban J connectivity index is 3.86. The van der Waals surface area contributed by atoms with E-state index >= 15 is 0 Å². The number of carbonyl (C=O) groups excluding carboxylic acids is 1. The number of nitrogens with one attached hydrogen (secondary N) is 2. The summed E-state index contributed by atoms with van der Waals surface area (Å²) in [5.41, 5.74) is -1.92. The maximum absolute atomic E-state index is 11.3. The van der Waals surface area contributed by atoms with Gasteiger partial charge in [-0.15, -0.1) is 0 Å². The van der Waals surface area contributed by atoms with Gasteiger partial charge in [-0.05, 0) is 20.3 Å². The number of aliphatic hydroxyl groups is 1. The summed E-state index contributed by atoms with van der Waals surface area (Å²) in [7, 11) is 0. The SMILES string of the molecule is CCC(C)NCC(=O)NCC(C)(O)C(=O)O. The van der Waals surface area contributed by atoms with E-state index in [1.807, 2.05) is 13.8 Å². The van der Waals surface area contributed by atoms with Crippen molar-refractivity contribution in [2.45, 2.75) is 38.8 Å². The van der Waals surface area contributed by atoms with Gasteiger partial charge in [0.15, 0.2) is 5.60 Å². The Morgan fingerprint density at radius 3 is 2.44 bits per heavy atom. The zero-order valence-corrected chi connectivity index (χ0v) is 9.91. The fourth-order valence-corrected chi connectivity index (χ4v) is 0.820. The van der Waals surface area contributed by atoms with E-state index in [1.54, 1.807) is 0 Å². The smallest absolute Gasteiger partial charge is 0.337 e. The molecule has 16 heavy (non-hydrogen) atoms. The second-order valence-corrected chi connectivity index (χ2v) is 4.05. The highest BCUT2D eigenvalue weighted by Gasteiger charge is 2.30. The number of carboxylic acids is 1. The lowest BCUT2D eigenvalue weighted by Gasteiger charge is -2.18. The fraction of sp³-hybridized carbons (Fsp3) is 0.800. The van der Waals surface area contributed by atoms with E-state index in [4.69, 9.17) is 5.11 Å². The third kappa shape index (κ3) is 5.67. The molecule has 6 heteroatoms. The second kappa shape index (κ2) is 6.44. The molecule has 0 bridgehead atoms. The van der Waals surface area contributed by atoms with Crippen molar-refractivity contribution in [3.8, 4) is 0 Å². The molecular formula is C10H20N2O4. The predicted octanol–water partition coefficient (Wildman–Crippen LogP) is -0.674. The molecule has 0 spiro atoms. The van der Waals surface area contributed by atoms with Crippen molar-refractivity contribution in [3.05, 3.63) is 0 Å². The van der Waals surface area contributed by atoms with Crippen LogP contribution in [0.1, 0.15) is 27.2 Å². The Morgan fingerprint density at radius 2 is 2.00 bits per heavy atom. The Labute approximate surface area is 95.0 Å². The normalized spacial score (nSPS) is 16.2. The highest BCUT2D eigenvalue weighted by atomic mass is 16.4. The van der Waals surface area contributed by atoms with Crippen molar-refractivity contribution < 1.29 is 19.8 Å². The van der Waals surface area contributed by atoms with Gasteiger partial charge < -0.3 is 20.8 Å². The summed E-state index contributed by atoms with van der Waals surface area (Å²) in [6, 6.07) is 0.228. The lowest BCUT2D eigenvalue weighted by molar-refractivity contribution is -0.156. The molecule has 0 aliphatic heterocycles. The minimum absolute atomic E-state index is 0.116. The van der Waals surface area contributed by atoms with Gasteiger partial charge in [0.25, 0.3) is 0 Å². The standard InChI is InChI=1S/C10H20N2O4/c1-4-7(2)11-5-8(13)12-6-10(3,16)9(14)15/h7,11,16H,4-6H2,1-3H3,(H,12,13)(H,14,15). The lowest BCUT2D eigenvalue weighted by Crippen LogP contribution is -2.48. The van der Waals surface area contributed by atoms with Crippen molar-refractivity contribution in [1.82, 2.24) is 10.6 Å². The van der Waals surface area contributed by atoms with Gasteiger partial charge in [0.05, 0.1) is 13.1 Å². The van der Waals surface area contributed by atoms with Crippen LogP contribution in [-0.4, -0.2) is 46.8 Å². The summed E-state index contributed by atoms with van der Waals surface area (Å²) in [5.74, 6) is -1.69. The van der Waals surface area contributed by atoms with Gasteiger partial charge in [0, 0.05) is 6.04 Å². The number of carboxylic acid groups (broad SMARTS) is 1. The molecule has 0 saturated carbocycles. The summed E-state index contributed by atoms with van der Waals surface area (Å²) < 4.78 is 0. The summed E-state index contributed by atoms with van der Waals surface area (Å²) >= 11 is 0. The van der Waals surface area contributed by atoms with Gasteiger partial charge >= 0.3 is 5.97 Å². The van der Waals surface area contributed by atoms with E-state index in [0.29, 0.717) is 0 Å². The van der Waals surface area contributed by atoms with Crippen LogP contribution in [0.5, 0.6) is 0 Å². The van der Waals surface area contributed by atoms with Gasteiger partial charge in [-0.2, -0.15) is 0 Å². The van der Waals surface area contributed by atoms with Gasteiger partial charge in [0.2, 0.25) is 5.91 Å². The van der Waals surface area contributed by atoms with Gasteiger partial charge in [-0.25, -0.2) is 4.79 Å². The lowest BCUT2D eigenvalue weighted by atomic mass is 10.1. The molecule has 0 aliphatic carbocycles. The highest BCUT2D eigenvalue weighted by Crippen LogP contribution is 2.00. The minimum Gasteiger partial charge on any atom is -0.479 e. The van der Waals surface area contributed by atoms with E-state index in [9.17, 15) is 14.7 Å². The van der Waals surface area contributed by atoms with Gasteiger partial charge in [-0.1, -0.05) is 6.92 Å². The molecule has 2 atom stereocenters. The third-order valence-electron chi connectivity index (χ3n) is 2.31. The van der Waals surface area contributed by atoms with Gasteiger partial charge in [0.1, 0.15) is 0 Å². The number of carbonyl (C=O) groups is 2. The van der Waals surface area contributed by atoms with Crippen LogP contribution >= 0.6 is 0 Å². The number of aliphatic carboxylic acids is 1. The first kappa shape index (κ1) is 14.9. The molecular weight excluding hydrogens is 212 g/mol. The Hall–Kier alpha value is -1.14. The number of rotatable bonds is 7. The molecule has 0 rings (SSSR count). The fourth-order valence-electron chi connectivity index (χ4n) is 0.820. The van der Waals surface area contributed by atoms with E-state index in [2.05, 4.69) is 10.6 Å². The molecule has 1 amide bonds. The first-order valence-electron chi connectivity index (χ1n) is 5.25. The van der Waals surface area contributed by atoms with Crippen molar-refractivity contribution in [2.24, 2.45) is 0 Å². The average Bonchev–Trinajstić information content (AvgIpc) is 2.22.